The fourth-order valence-electron chi connectivity index (χ4n) is 2.73. The van der Waals surface area contributed by atoms with E-state index in [2.05, 4.69) is 47.8 Å². The molecule has 122 valence electrons. The largest absolute Gasteiger partial charge is 0.351 e. The first-order valence-electron chi connectivity index (χ1n) is 7.38. The highest BCUT2D eigenvalue weighted by Crippen LogP contribution is 2.39. The van der Waals surface area contributed by atoms with Gasteiger partial charge in [-0.2, -0.15) is 0 Å². The van der Waals surface area contributed by atoms with Crippen LogP contribution < -0.4 is 11.1 Å². The van der Waals surface area contributed by atoms with Crippen molar-refractivity contribution in [3.05, 3.63) is 53.7 Å². The predicted octanol–water partition coefficient (Wildman–Crippen LogP) is 4.37. The second-order valence-electron chi connectivity index (χ2n) is 6.56. The number of rotatable bonds is 2. The first-order valence-corrected chi connectivity index (χ1v) is 9.65. The summed E-state index contributed by atoms with van der Waals surface area (Å²) in [5.74, 6) is -0.0222. The van der Waals surface area contributed by atoms with Gasteiger partial charge in [-0.1, -0.05) is 31.5 Å². The molecule has 3 rings (SSSR count). The molecule has 23 heavy (non-hydrogen) atoms. The van der Waals surface area contributed by atoms with Gasteiger partial charge in [0.05, 0.1) is 4.88 Å². The lowest BCUT2D eigenvalue weighted by molar-refractivity contribution is 0.0946. The summed E-state index contributed by atoms with van der Waals surface area (Å²) in [7, 11) is 0. The van der Waals surface area contributed by atoms with Crippen LogP contribution in [0.25, 0.3) is 0 Å². The number of hydrogen-bond donors (Lipinski definition) is 2. The number of hydrogen-bond acceptors (Lipinski definition) is 3. The molecule has 0 spiro atoms. The van der Waals surface area contributed by atoms with Crippen molar-refractivity contribution in [1.82, 2.24) is 5.32 Å². The summed E-state index contributed by atoms with van der Waals surface area (Å²) in [5.41, 5.74) is 8.28. The van der Waals surface area contributed by atoms with E-state index in [9.17, 15) is 4.79 Å². The highest BCUT2D eigenvalue weighted by molar-refractivity contribution is 14.1. The van der Waals surface area contributed by atoms with Gasteiger partial charge in [0.25, 0.3) is 5.91 Å². The molecule has 2 aromatic rings. The molecule has 1 aromatic carbocycles. The maximum Gasteiger partial charge on any atom is 0.261 e. The summed E-state index contributed by atoms with van der Waals surface area (Å²) in [4.78, 5) is 14.2. The summed E-state index contributed by atoms with van der Waals surface area (Å²) in [6.07, 6.45) is 0.716. The van der Waals surface area contributed by atoms with Crippen LogP contribution in [0.15, 0.2) is 24.3 Å². The van der Waals surface area contributed by atoms with Gasteiger partial charge in [0.1, 0.15) is 0 Å². The summed E-state index contributed by atoms with van der Waals surface area (Å²) in [5, 5.41) is 3.74. The van der Waals surface area contributed by atoms with E-state index in [-0.39, 0.29) is 17.4 Å². The third-order valence-corrected chi connectivity index (χ3v) is 6.45. The normalized spacial score (nSPS) is 19.9. The van der Waals surface area contributed by atoms with Gasteiger partial charge in [-0.25, -0.2) is 0 Å². The first kappa shape index (κ1) is 17.2. The van der Waals surface area contributed by atoms with Crippen molar-refractivity contribution in [3.63, 3.8) is 0 Å². The van der Waals surface area contributed by atoms with Gasteiger partial charge in [0.2, 0.25) is 0 Å². The molecule has 0 saturated heterocycles. The van der Waals surface area contributed by atoms with E-state index in [0.29, 0.717) is 13.0 Å². The molecule has 0 bridgehead atoms. The number of halogens is 2. The van der Waals surface area contributed by atoms with Crippen molar-refractivity contribution in [2.24, 2.45) is 11.1 Å². The Morgan fingerprint density at radius 2 is 2.17 bits per heavy atom. The molecule has 2 heterocycles. The van der Waals surface area contributed by atoms with Crippen molar-refractivity contribution < 1.29 is 4.79 Å². The van der Waals surface area contributed by atoms with E-state index in [0.717, 1.165) is 29.5 Å². The minimum absolute atomic E-state index is 0.0222. The maximum atomic E-state index is 12.3. The van der Waals surface area contributed by atoms with E-state index in [1.807, 2.05) is 18.2 Å². The van der Waals surface area contributed by atoms with Crippen LogP contribution in [0.5, 0.6) is 0 Å². The highest BCUT2D eigenvalue weighted by atomic mass is 127. The average Bonchev–Trinajstić information content (AvgIpc) is 2.87. The van der Waals surface area contributed by atoms with Crippen molar-refractivity contribution in [1.29, 1.82) is 0 Å². The molecule has 1 amide bonds. The number of carbonyl (C=O) groups excluding carboxylic acids is 1. The van der Waals surface area contributed by atoms with Crippen LogP contribution in [0, 0.1) is 8.99 Å². The van der Waals surface area contributed by atoms with E-state index in [1.165, 1.54) is 11.3 Å². The molecule has 1 aromatic heterocycles. The fourth-order valence-corrected chi connectivity index (χ4v) is 4.79. The molecule has 3 N–H and O–H groups in total. The van der Waals surface area contributed by atoms with E-state index >= 15 is 0 Å². The molecule has 1 aliphatic heterocycles. The maximum absolute atomic E-state index is 12.3. The van der Waals surface area contributed by atoms with Gasteiger partial charge < -0.3 is 11.1 Å². The number of nitrogens with one attached hydrogen (secondary N) is 1. The van der Waals surface area contributed by atoms with Crippen molar-refractivity contribution >= 4 is 51.4 Å². The van der Waals surface area contributed by atoms with Gasteiger partial charge in [0, 0.05) is 37.9 Å². The number of nitrogens with two attached hydrogens (primary N) is 1. The predicted molar refractivity (Wildman–Crippen MR) is 104 cm³/mol. The van der Waals surface area contributed by atoms with Gasteiger partial charge >= 0.3 is 0 Å². The lowest BCUT2D eigenvalue weighted by Gasteiger charge is -2.29. The third-order valence-electron chi connectivity index (χ3n) is 4.28. The second kappa shape index (κ2) is 6.35. The molecule has 0 aliphatic carbocycles. The molecule has 3 nitrogen and oxygen atoms in total. The summed E-state index contributed by atoms with van der Waals surface area (Å²) >= 11 is 10.1. The standard InChI is InChI=1S/C17H18ClIN2OS/c1-17(2)8-21-16(22)14-12(15(17)20)7-11(23-14)5-9-3-4-10(19)6-13(9)18/h3-4,6-7,15H,5,8,20H2,1-2H3,(H,21,22). The van der Waals surface area contributed by atoms with Crippen LogP contribution in [-0.2, 0) is 6.42 Å². The Bertz CT molecular complexity index is 772. The van der Waals surface area contributed by atoms with Gasteiger partial charge in [0.15, 0.2) is 0 Å². The topological polar surface area (TPSA) is 55.1 Å². The quantitative estimate of drug-likeness (QED) is 0.654. The second-order valence-corrected chi connectivity index (χ2v) is 9.35. The van der Waals surface area contributed by atoms with E-state index in [1.54, 1.807) is 0 Å². The number of amides is 1. The van der Waals surface area contributed by atoms with Crippen LogP contribution in [0.2, 0.25) is 5.02 Å². The van der Waals surface area contributed by atoms with Crippen LogP contribution in [-0.4, -0.2) is 12.5 Å². The SMILES string of the molecule is CC1(C)CNC(=O)c2sc(Cc3ccc(I)cc3Cl)cc2C1N. The van der Waals surface area contributed by atoms with Gasteiger partial charge in [-0.05, 0) is 51.9 Å². The molecular weight excluding hydrogens is 443 g/mol. The molecule has 0 saturated carbocycles. The molecule has 0 fully saturated rings. The van der Waals surface area contributed by atoms with Crippen molar-refractivity contribution in [2.45, 2.75) is 26.3 Å². The zero-order valence-corrected chi connectivity index (χ0v) is 16.7. The summed E-state index contributed by atoms with van der Waals surface area (Å²) in [6, 6.07) is 7.96. The Morgan fingerprint density at radius 1 is 1.43 bits per heavy atom. The smallest absolute Gasteiger partial charge is 0.261 e. The molecule has 0 radical (unpaired) electrons. The number of benzene rings is 1. The zero-order valence-electron chi connectivity index (χ0n) is 13.0. The summed E-state index contributed by atoms with van der Waals surface area (Å²) in [6.45, 7) is 4.76. The molecule has 1 unspecified atom stereocenters. The van der Waals surface area contributed by atoms with Crippen LogP contribution in [0.3, 0.4) is 0 Å². The third kappa shape index (κ3) is 3.43. The highest BCUT2D eigenvalue weighted by Gasteiger charge is 2.35. The zero-order chi connectivity index (χ0) is 16.8. The first-order chi connectivity index (χ1) is 10.8. The molecule has 1 atom stereocenters. The molecular formula is C17H18ClIN2OS. The van der Waals surface area contributed by atoms with Crippen LogP contribution >= 0.6 is 45.5 Å². The molecule has 6 heteroatoms. The lowest BCUT2D eigenvalue weighted by atomic mass is 9.82. The van der Waals surface area contributed by atoms with Crippen LogP contribution in [0.4, 0.5) is 0 Å². The number of fused-ring (bicyclic) bond motifs is 1. The monoisotopic (exact) mass is 460 g/mol. The Kier molecular flexibility index (Phi) is 4.75. The van der Waals surface area contributed by atoms with E-state index < -0.39 is 0 Å². The Hall–Kier alpha value is -0.630. The van der Waals surface area contributed by atoms with Crippen molar-refractivity contribution in [2.75, 3.05) is 6.54 Å². The molecule has 1 aliphatic rings. The Morgan fingerprint density at radius 3 is 2.87 bits per heavy atom. The Labute approximate surface area is 158 Å². The van der Waals surface area contributed by atoms with Gasteiger partial charge in [-0.3, -0.25) is 4.79 Å². The average molecular weight is 461 g/mol. The number of thiophene rings is 1. The minimum Gasteiger partial charge on any atom is -0.351 e. The van der Waals surface area contributed by atoms with E-state index in [4.69, 9.17) is 17.3 Å². The Balaban J connectivity index is 1.96. The number of carbonyl (C=O) groups is 1. The summed E-state index contributed by atoms with van der Waals surface area (Å²) < 4.78 is 1.11. The van der Waals surface area contributed by atoms with Crippen molar-refractivity contribution in [3.8, 4) is 0 Å². The van der Waals surface area contributed by atoms with Gasteiger partial charge in [-0.15, -0.1) is 11.3 Å². The minimum atomic E-state index is -0.167. The lowest BCUT2D eigenvalue weighted by Crippen LogP contribution is -2.37. The fraction of sp³-hybridized carbons (Fsp3) is 0.353. The van der Waals surface area contributed by atoms with Crippen LogP contribution in [0.1, 0.15) is 45.6 Å².